The second-order valence-electron chi connectivity index (χ2n) is 6.56. The van der Waals surface area contributed by atoms with Crippen molar-refractivity contribution in [1.82, 2.24) is 25.2 Å². The Hall–Kier alpha value is -2.70. The standard InChI is InChI=1S/C21H26F2N6O2.HI/c1-3-30-16-9-6-8-15(19(16)31-20(22)23)14-26-21(24-2)25-12-7-11-18-28-27-17-10-4-5-13-29(17)18;/h4-6,8-10,13,20H,3,7,11-12,14H2,1-2H3,(H2,24,25,26);1H. The second kappa shape index (κ2) is 13.0. The third-order valence-electron chi connectivity index (χ3n) is 4.49. The first-order valence-corrected chi connectivity index (χ1v) is 10.0. The maximum atomic E-state index is 12.9. The molecule has 2 aromatic heterocycles. The first kappa shape index (κ1) is 25.6. The molecule has 32 heavy (non-hydrogen) atoms. The molecule has 3 rings (SSSR count). The number of halogens is 3. The highest BCUT2D eigenvalue weighted by Gasteiger charge is 2.16. The van der Waals surface area contributed by atoms with Crippen molar-refractivity contribution in [2.45, 2.75) is 32.9 Å². The summed E-state index contributed by atoms with van der Waals surface area (Å²) in [6, 6.07) is 10.8. The molecule has 1 aromatic carbocycles. The summed E-state index contributed by atoms with van der Waals surface area (Å²) in [7, 11) is 1.65. The van der Waals surface area contributed by atoms with Crippen LogP contribution in [0.4, 0.5) is 8.78 Å². The fourth-order valence-corrected chi connectivity index (χ4v) is 3.11. The molecule has 174 valence electrons. The number of pyridine rings is 1. The van der Waals surface area contributed by atoms with Gasteiger partial charge in [-0.15, -0.1) is 34.2 Å². The zero-order valence-corrected chi connectivity index (χ0v) is 20.3. The summed E-state index contributed by atoms with van der Waals surface area (Å²) in [4.78, 5) is 4.18. The maximum Gasteiger partial charge on any atom is 0.387 e. The first-order chi connectivity index (χ1) is 15.1. The molecule has 0 spiro atoms. The summed E-state index contributed by atoms with van der Waals surface area (Å²) in [5, 5.41) is 14.7. The van der Waals surface area contributed by atoms with Crippen molar-refractivity contribution in [2.24, 2.45) is 4.99 Å². The molecule has 8 nitrogen and oxygen atoms in total. The Morgan fingerprint density at radius 1 is 1.16 bits per heavy atom. The normalized spacial score (nSPS) is 11.3. The van der Waals surface area contributed by atoms with Crippen LogP contribution in [0.25, 0.3) is 5.65 Å². The van der Waals surface area contributed by atoms with Crippen LogP contribution in [0, 0.1) is 0 Å². The minimum atomic E-state index is -2.94. The molecule has 2 heterocycles. The predicted octanol–water partition coefficient (Wildman–Crippen LogP) is 3.65. The number of benzene rings is 1. The molecule has 0 saturated carbocycles. The molecule has 0 radical (unpaired) electrons. The molecule has 11 heteroatoms. The van der Waals surface area contributed by atoms with Crippen molar-refractivity contribution in [1.29, 1.82) is 0 Å². The van der Waals surface area contributed by atoms with Crippen molar-refractivity contribution in [3.8, 4) is 11.5 Å². The van der Waals surface area contributed by atoms with Crippen molar-refractivity contribution < 1.29 is 18.3 Å². The molecule has 0 atom stereocenters. The lowest BCUT2D eigenvalue weighted by molar-refractivity contribution is -0.0520. The Balaban J connectivity index is 0.00000363. The number of aryl methyl sites for hydroxylation is 1. The summed E-state index contributed by atoms with van der Waals surface area (Å²) in [5.41, 5.74) is 1.36. The van der Waals surface area contributed by atoms with E-state index in [1.165, 1.54) is 0 Å². The highest BCUT2D eigenvalue weighted by Crippen LogP contribution is 2.32. The molecule has 0 unspecified atom stereocenters. The van der Waals surface area contributed by atoms with Crippen LogP contribution in [0.3, 0.4) is 0 Å². The van der Waals surface area contributed by atoms with Gasteiger partial charge in [-0.05, 0) is 31.5 Å². The van der Waals surface area contributed by atoms with Gasteiger partial charge < -0.3 is 20.1 Å². The van der Waals surface area contributed by atoms with Gasteiger partial charge in [-0.25, -0.2) is 0 Å². The van der Waals surface area contributed by atoms with E-state index in [0.717, 1.165) is 24.3 Å². The van der Waals surface area contributed by atoms with Crippen LogP contribution >= 0.6 is 24.0 Å². The van der Waals surface area contributed by atoms with Gasteiger partial charge in [-0.3, -0.25) is 9.39 Å². The van der Waals surface area contributed by atoms with Crippen LogP contribution in [0.1, 0.15) is 24.7 Å². The largest absolute Gasteiger partial charge is 0.490 e. The molecule has 0 saturated heterocycles. The number of alkyl halides is 2. The van der Waals surface area contributed by atoms with Crippen molar-refractivity contribution in [3.05, 3.63) is 54.0 Å². The number of hydrogen-bond acceptors (Lipinski definition) is 5. The quantitative estimate of drug-likeness (QED) is 0.171. The van der Waals surface area contributed by atoms with E-state index in [4.69, 9.17) is 9.47 Å². The van der Waals surface area contributed by atoms with E-state index in [1.54, 1.807) is 32.2 Å². The highest BCUT2D eigenvalue weighted by atomic mass is 127. The number of guanidine groups is 1. The molecule has 3 aromatic rings. The molecule has 2 N–H and O–H groups in total. The van der Waals surface area contributed by atoms with Gasteiger partial charge in [0.05, 0.1) is 6.61 Å². The van der Waals surface area contributed by atoms with E-state index >= 15 is 0 Å². The molecule has 0 aliphatic carbocycles. The monoisotopic (exact) mass is 560 g/mol. The number of aliphatic imine (C=N–C) groups is 1. The zero-order chi connectivity index (χ0) is 22.1. The van der Waals surface area contributed by atoms with E-state index in [0.29, 0.717) is 24.7 Å². The minimum Gasteiger partial charge on any atom is -0.490 e. The Kier molecular flexibility index (Phi) is 10.4. The lowest BCUT2D eigenvalue weighted by atomic mass is 10.2. The molecule has 0 bridgehead atoms. The molecule has 0 amide bonds. The van der Waals surface area contributed by atoms with Gasteiger partial charge in [0.2, 0.25) is 0 Å². The Morgan fingerprint density at radius 3 is 2.75 bits per heavy atom. The van der Waals surface area contributed by atoms with Crippen molar-refractivity contribution in [2.75, 3.05) is 20.2 Å². The lowest BCUT2D eigenvalue weighted by Gasteiger charge is -2.17. The number of para-hydroxylation sites is 1. The molecular formula is C21H27F2IN6O2. The maximum absolute atomic E-state index is 12.9. The summed E-state index contributed by atoms with van der Waals surface area (Å²) < 4.78 is 37.8. The van der Waals surface area contributed by atoms with Gasteiger partial charge in [0.1, 0.15) is 5.82 Å². The third-order valence-corrected chi connectivity index (χ3v) is 4.49. The van der Waals surface area contributed by atoms with E-state index in [1.807, 2.05) is 28.8 Å². The van der Waals surface area contributed by atoms with Crippen LogP contribution in [-0.2, 0) is 13.0 Å². The van der Waals surface area contributed by atoms with Crippen LogP contribution in [0.2, 0.25) is 0 Å². The Labute approximate surface area is 202 Å². The fourth-order valence-electron chi connectivity index (χ4n) is 3.11. The van der Waals surface area contributed by atoms with Crippen LogP contribution in [-0.4, -0.2) is 47.4 Å². The van der Waals surface area contributed by atoms with Crippen LogP contribution < -0.4 is 20.1 Å². The van der Waals surface area contributed by atoms with Crippen molar-refractivity contribution >= 4 is 35.6 Å². The van der Waals surface area contributed by atoms with E-state index in [2.05, 4.69) is 25.8 Å². The molecule has 0 aliphatic rings. The van der Waals surface area contributed by atoms with Gasteiger partial charge >= 0.3 is 6.61 Å². The highest BCUT2D eigenvalue weighted by molar-refractivity contribution is 14.0. The SMILES string of the molecule is CCOc1cccc(CNC(=NC)NCCCc2nnc3ccccn23)c1OC(F)F.I. The number of aromatic nitrogens is 3. The lowest BCUT2D eigenvalue weighted by Crippen LogP contribution is -2.37. The third kappa shape index (κ3) is 6.90. The Morgan fingerprint density at radius 2 is 2.00 bits per heavy atom. The number of rotatable bonds is 10. The minimum absolute atomic E-state index is 0. The van der Waals surface area contributed by atoms with E-state index < -0.39 is 6.61 Å². The van der Waals surface area contributed by atoms with Gasteiger partial charge in [0, 0.05) is 38.3 Å². The average molecular weight is 560 g/mol. The average Bonchev–Trinajstić information content (AvgIpc) is 3.18. The van der Waals surface area contributed by atoms with Gasteiger partial charge in [0.25, 0.3) is 0 Å². The summed E-state index contributed by atoms with van der Waals surface area (Å²) in [6.07, 6.45) is 3.50. The number of nitrogens with zero attached hydrogens (tertiary/aromatic N) is 4. The fraction of sp³-hybridized carbons (Fsp3) is 0.381. The second-order valence-corrected chi connectivity index (χ2v) is 6.56. The predicted molar refractivity (Wildman–Crippen MR) is 129 cm³/mol. The van der Waals surface area contributed by atoms with Gasteiger partial charge in [-0.2, -0.15) is 8.78 Å². The topological polar surface area (TPSA) is 85.1 Å². The summed E-state index contributed by atoms with van der Waals surface area (Å²) in [6.45, 7) is 0.0934. The number of ether oxygens (including phenoxy) is 2. The van der Waals surface area contributed by atoms with Crippen molar-refractivity contribution in [3.63, 3.8) is 0 Å². The van der Waals surface area contributed by atoms with Gasteiger partial charge in [-0.1, -0.05) is 18.2 Å². The smallest absolute Gasteiger partial charge is 0.387 e. The molecule has 0 aliphatic heterocycles. The van der Waals surface area contributed by atoms with Gasteiger partial charge in [0.15, 0.2) is 23.1 Å². The number of nitrogens with one attached hydrogen (secondary N) is 2. The molecule has 0 fully saturated rings. The van der Waals surface area contributed by atoms with Crippen LogP contribution in [0.15, 0.2) is 47.6 Å². The molecular weight excluding hydrogens is 533 g/mol. The number of fused-ring (bicyclic) bond motifs is 1. The zero-order valence-electron chi connectivity index (χ0n) is 17.9. The first-order valence-electron chi connectivity index (χ1n) is 10.0. The summed E-state index contributed by atoms with van der Waals surface area (Å²) >= 11 is 0. The number of hydrogen-bond donors (Lipinski definition) is 2. The summed E-state index contributed by atoms with van der Waals surface area (Å²) in [5.74, 6) is 1.75. The van der Waals surface area contributed by atoms with Crippen LogP contribution in [0.5, 0.6) is 11.5 Å². The van der Waals surface area contributed by atoms with E-state index in [-0.39, 0.29) is 42.0 Å². The Bertz CT molecular complexity index is 1010. The van der Waals surface area contributed by atoms with E-state index in [9.17, 15) is 8.78 Å².